The van der Waals surface area contributed by atoms with Gasteiger partial charge in [-0.2, -0.15) is 0 Å². The molecule has 0 atom stereocenters. The average molecular weight is 474 g/mol. The van der Waals surface area contributed by atoms with E-state index in [-0.39, 0.29) is 21.8 Å². The molecule has 1 amide bonds. The maximum atomic E-state index is 13.7. The summed E-state index contributed by atoms with van der Waals surface area (Å²) in [6, 6.07) is 8.27. The van der Waals surface area contributed by atoms with E-state index in [0.717, 1.165) is 25.3 Å². The van der Waals surface area contributed by atoms with Gasteiger partial charge in [0.2, 0.25) is 0 Å². The molecule has 2 aromatic carbocycles. The molecule has 1 aromatic heterocycles. The Kier molecular flexibility index (Phi) is 6.43. The molecule has 176 valence electrons. The van der Waals surface area contributed by atoms with Crippen molar-refractivity contribution in [1.82, 2.24) is 9.13 Å². The van der Waals surface area contributed by atoms with Gasteiger partial charge in [0, 0.05) is 18.7 Å². The number of imidazole rings is 1. The lowest BCUT2D eigenvalue weighted by atomic mass is 10.0. The third-order valence-electron chi connectivity index (χ3n) is 6.39. The number of carbonyl (C=O) groups is 1. The minimum atomic E-state index is -3.77. The molecule has 0 spiro atoms. The summed E-state index contributed by atoms with van der Waals surface area (Å²) in [5.41, 5.74) is 1.02. The highest BCUT2D eigenvalue weighted by atomic mass is 32.2. The number of carbonyl (C=O) groups excluding carboxylic acids is 1. The van der Waals surface area contributed by atoms with Crippen molar-refractivity contribution in [2.24, 2.45) is 0 Å². The van der Waals surface area contributed by atoms with Crippen molar-refractivity contribution >= 4 is 32.5 Å². The lowest BCUT2D eigenvalue weighted by Crippen LogP contribution is -2.26. The number of amides is 1. The first-order valence-corrected chi connectivity index (χ1v) is 12.9. The molecule has 0 aliphatic heterocycles. The summed E-state index contributed by atoms with van der Waals surface area (Å²) in [6.45, 7) is 4.45. The van der Waals surface area contributed by atoms with Gasteiger partial charge in [-0.25, -0.2) is 17.6 Å². The molecule has 1 heterocycles. The van der Waals surface area contributed by atoms with Crippen LogP contribution in [0, 0.1) is 5.82 Å². The maximum Gasteiger partial charge on any atom is 0.329 e. The quantitative estimate of drug-likeness (QED) is 0.577. The smallest absolute Gasteiger partial charge is 0.321 e. The standard InChI is InChI=1S/C24H28FN3O4S/c1-3-27-20-14-19(26-23(29)16-9-8-10-17(25)13-16)22(15-21(20)28(4-2)24(27)30)33(31,32)18-11-6-5-7-12-18/h8-10,13-15,18H,3-7,11-12H2,1-2H3,(H,26,29). The van der Waals surface area contributed by atoms with Crippen molar-refractivity contribution < 1.29 is 17.6 Å². The second-order valence-electron chi connectivity index (χ2n) is 8.38. The second-order valence-corrected chi connectivity index (χ2v) is 10.6. The van der Waals surface area contributed by atoms with Crippen LogP contribution < -0.4 is 11.0 Å². The molecule has 4 rings (SSSR count). The molecule has 1 N–H and O–H groups in total. The molecule has 0 bridgehead atoms. The van der Waals surface area contributed by atoms with Gasteiger partial charge in [-0.05, 0) is 57.0 Å². The Bertz CT molecular complexity index is 1370. The number of anilines is 1. The minimum Gasteiger partial charge on any atom is -0.321 e. The van der Waals surface area contributed by atoms with E-state index < -0.39 is 26.8 Å². The Morgan fingerprint density at radius 2 is 1.67 bits per heavy atom. The predicted octanol–water partition coefficient (Wildman–Crippen LogP) is 4.34. The van der Waals surface area contributed by atoms with Crippen LogP contribution in [0.25, 0.3) is 11.0 Å². The van der Waals surface area contributed by atoms with Crippen LogP contribution in [0.3, 0.4) is 0 Å². The third-order valence-corrected chi connectivity index (χ3v) is 8.69. The molecule has 1 aliphatic carbocycles. The fourth-order valence-corrected chi connectivity index (χ4v) is 6.67. The van der Waals surface area contributed by atoms with Crippen molar-refractivity contribution in [1.29, 1.82) is 0 Å². The number of nitrogens with one attached hydrogen (secondary N) is 1. The summed E-state index contributed by atoms with van der Waals surface area (Å²) in [5, 5.41) is 2.14. The number of halogens is 1. The summed E-state index contributed by atoms with van der Waals surface area (Å²) in [7, 11) is -3.77. The van der Waals surface area contributed by atoms with Gasteiger partial charge in [-0.3, -0.25) is 13.9 Å². The number of rotatable bonds is 6. The number of fused-ring (bicyclic) bond motifs is 1. The summed E-state index contributed by atoms with van der Waals surface area (Å²) in [5.74, 6) is -1.18. The van der Waals surface area contributed by atoms with Gasteiger partial charge >= 0.3 is 5.69 Å². The van der Waals surface area contributed by atoms with Crippen LogP contribution in [-0.2, 0) is 22.9 Å². The molecule has 0 unspecified atom stereocenters. The zero-order valence-electron chi connectivity index (χ0n) is 18.8. The maximum absolute atomic E-state index is 13.7. The summed E-state index contributed by atoms with van der Waals surface area (Å²) < 4.78 is 44.1. The van der Waals surface area contributed by atoms with E-state index in [1.54, 1.807) is 10.6 Å². The highest BCUT2D eigenvalue weighted by molar-refractivity contribution is 7.92. The number of hydrogen-bond acceptors (Lipinski definition) is 4. The van der Waals surface area contributed by atoms with Crippen LogP contribution in [0.1, 0.15) is 56.3 Å². The fraction of sp³-hybridized carbons (Fsp3) is 0.417. The number of aromatic nitrogens is 2. The van der Waals surface area contributed by atoms with Crippen LogP contribution >= 0.6 is 0 Å². The normalized spacial score (nSPS) is 15.1. The molecule has 1 saturated carbocycles. The van der Waals surface area contributed by atoms with Crippen molar-refractivity contribution in [2.75, 3.05) is 5.32 Å². The van der Waals surface area contributed by atoms with Gasteiger partial charge in [-0.15, -0.1) is 0 Å². The van der Waals surface area contributed by atoms with E-state index in [1.807, 2.05) is 13.8 Å². The average Bonchev–Trinajstić information content (AvgIpc) is 3.08. The number of aryl methyl sites for hydroxylation is 2. The molecule has 0 saturated heterocycles. The first-order valence-electron chi connectivity index (χ1n) is 11.4. The summed E-state index contributed by atoms with van der Waals surface area (Å²) in [4.78, 5) is 25.7. The molecular weight excluding hydrogens is 445 g/mol. The van der Waals surface area contributed by atoms with Crippen LogP contribution in [-0.4, -0.2) is 28.7 Å². The van der Waals surface area contributed by atoms with Crippen molar-refractivity contribution in [3.8, 4) is 0 Å². The molecule has 1 fully saturated rings. The van der Waals surface area contributed by atoms with E-state index in [4.69, 9.17) is 0 Å². The van der Waals surface area contributed by atoms with E-state index >= 15 is 0 Å². The Balaban J connectivity index is 1.91. The third kappa shape index (κ3) is 4.21. The lowest BCUT2D eigenvalue weighted by Gasteiger charge is -2.23. The highest BCUT2D eigenvalue weighted by Crippen LogP contribution is 2.35. The van der Waals surface area contributed by atoms with E-state index in [1.165, 1.54) is 28.8 Å². The van der Waals surface area contributed by atoms with Gasteiger partial charge in [0.05, 0.1) is 26.9 Å². The van der Waals surface area contributed by atoms with Crippen LogP contribution in [0.5, 0.6) is 0 Å². The van der Waals surface area contributed by atoms with Gasteiger partial charge in [0.1, 0.15) is 5.82 Å². The highest BCUT2D eigenvalue weighted by Gasteiger charge is 2.32. The minimum absolute atomic E-state index is 0.00195. The molecule has 7 nitrogen and oxygen atoms in total. The lowest BCUT2D eigenvalue weighted by molar-refractivity contribution is 0.102. The van der Waals surface area contributed by atoms with Crippen molar-refractivity contribution in [3.63, 3.8) is 0 Å². The Morgan fingerprint density at radius 1 is 1.03 bits per heavy atom. The molecule has 33 heavy (non-hydrogen) atoms. The van der Waals surface area contributed by atoms with Gasteiger partial charge in [-0.1, -0.05) is 25.3 Å². The molecule has 0 radical (unpaired) electrons. The Labute approximate surface area is 192 Å². The first kappa shape index (κ1) is 23.2. The first-order chi connectivity index (χ1) is 15.8. The molecule has 1 aliphatic rings. The van der Waals surface area contributed by atoms with E-state index in [0.29, 0.717) is 37.0 Å². The van der Waals surface area contributed by atoms with Crippen LogP contribution in [0.15, 0.2) is 46.1 Å². The number of sulfone groups is 1. The zero-order valence-corrected chi connectivity index (χ0v) is 19.6. The SMILES string of the molecule is CCn1c(=O)n(CC)c2cc(S(=O)(=O)C3CCCCC3)c(NC(=O)c3cccc(F)c3)cc21. The second kappa shape index (κ2) is 9.13. The summed E-state index contributed by atoms with van der Waals surface area (Å²) >= 11 is 0. The number of nitrogens with zero attached hydrogens (tertiary/aromatic N) is 2. The topological polar surface area (TPSA) is 90.2 Å². The van der Waals surface area contributed by atoms with Gasteiger partial charge < -0.3 is 5.32 Å². The monoisotopic (exact) mass is 473 g/mol. The van der Waals surface area contributed by atoms with Gasteiger partial charge in [0.25, 0.3) is 5.91 Å². The Hall–Kier alpha value is -2.94. The van der Waals surface area contributed by atoms with Gasteiger partial charge in [0.15, 0.2) is 9.84 Å². The zero-order chi connectivity index (χ0) is 23.8. The Morgan fingerprint density at radius 3 is 2.27 bits per heavy atom. The van der Waals surface area contributed by atoms with Crippen molar-refractivity contribution in [3.05, 3.63) is 58.3 Å². The fourth-order valence-electron chi connectivity index (χ4n) is 4.67. The van der Waals surface area contributed by atoms with Crippen LogP contribution in [0.4, 0.5) is 10.1 Å². The van der Waals surface area contributed by atoms with E-state index in [9.17, 15) is 22.4 Å². The largest absolute Gasteiger partial charge is 0.329 e. The van der Waals surface area contributed by atoms with E-state index in [2.05, 4.69) is 5.32 Å². The predicted molar refractivity (Wildman–Crippen MR) is 126 cm³/mol. The summed E-state index contributed by atoms with van der Waals surface area (Å²) in [6.07, 6.45) is 3.80. The van der Waals surface area contributed by atoms with Crippen LogP contribution in [0.2, 0.25) is 0 Å². The molecule has 9 heteroatoms. The number of benzene rings is 2. The molecule has 3 aromatic rings. The van der Waals surface area contributed by atoms with Crippen molar-refractivity contribution in [2.45, 2.75) is 69.2 Å². The number of hydrogen-bond donors (Lipinski definition) is 1. The molecular formula is C24H28FN3O4S.